The number of methoxy groups -OCH3 is 2. The molecule has 0 saturated carbocycles. The first-order valence-electron chi connectivity index (χ1n) is 9.00. The van der Waals surface area contributed by atoms with Gasteiger partial charge in [-0.3, -0.25) is 9.69 Å². The van der Waals surface area contributed by atoms with Gasteiger partial charge in [0.2, 0.25) is 0 Å². The molecular weight excluding hydrogens is 332 g/mol. The fourth-order valence-electron chi connectivity index (χ4n) is 3.35. The maximum Gasteiger partial charge on any atom is 0.251 e. The first kappa shape index (κ1) is 18.3. The first-order chi connectivity index (χ1) is 12.7. The third-order valence-electron chi connectivity index (χ3n) is 4.77. The summed E-state index contributed by atoms with van der Waals surface area (Å²) in [6.45, 7) is 2.54. The van der Waals surface area contributed by atoms with Crippen LogP contribution in [0.25, 0.3) is 0 Å². The first-order valence-corrected chi connectivity index (χ1v) is 9.00. The average Bonchev–Trinajstić information content (AvgIpc) is 3.22. The molecule has 1 amide bonds. The highest BCUT2D eigenvalue weighted by atomic mass is 16.5. The van der Waals surface area contributed by atoms with Gasteiger partial charge in [0.1, 0.15) is 17.3 Å². The molecule has 0 spiro atoms. The van der Waals surface area contributed by atoms with E-state index in [1.807, 2.05) is 12.1 Å². The Morgan fingerprint density at radius 1 is 1.15 bits per heavy atom. The number of piperidine rings is 1. The summed E-state index contributed by atoms with van der Waals surface area (Å²) in [6.07, 6.45) is 5.30. The van der Waals surface area contributed by atoms with E-state index in [0.717, 1.165) is 18.8 Å². The number of likely N-dealkylation sites (tertiary alicyclic amines) is 1. The number of nitrogens with one attached hydrogen (secondary N) is 1. The number of furan rings is 1. The fourth-order valence-corrected chi connectivity index (χ4v) is 3.35. The normalized spacial score (nSPS) is 16.1. The number of carbonyl (C=O) groups excluding carboxylic acids is 1. The van der Waals surface area contributed by atoms with E-state index in [0.29, 0.717) is 23.6 Å². The number of carbonyl (C=O) groups is 1. The smallest absolute Gasteiger partial charge is 0.251 e. The van der Waals surface area contributed by atoms with E-state index in [1.54, 1.807) is 38.7 Å². The molecule has 6 nitrogen and oxygen atoms in total. The lowest BCUT2D eigenvalue weighted by atomic mass is 10.1. The van der Waals surface area contributed by atoms with Gasteiger partial charge >= 0.3 is 0 Å². The lowest BCUT2D eigenvalue weighted by Gasteiger charge is -2.33. The molecule has 1 aliphatic rings. The third kappa shape index (κ3) is 4.38. The van der Waals surface area contributed by atoms with Crippen molar-refractivity contribution < 1.29 is 18.7 Å². The Bertz CT molecular complexity index is 686. The van der Waals surface area contributed by atoms with Crippen molar-refractivity contribution in [3.63, 3.8) is 0 Å². The maximum absolute atomic E-state index is 12.7. The summed E-state index contributed by atoms with van der Waals surface area (Å²) in [5.74, 6) is 1.91. The van der Waals surface area contributed by atoms with Crippen LogP contribution < -0.4 is 14.8 Å². The van der Waals surface area contributed by atoms with Crippen molar-refractivity contribution in [3.05, 3.63) is 47.9 Å². The van der Waals surface area contributed by atoms with Crippen molar-refractivity contribution in [2.24, 2.45) is 0 Å². The molecule has 1 aliphatic heterocycles. The highest BCUT2D eigenvalue weighted by Gasteiger charge is 2.25. The van der Waals surface area contributed by atoms with Crippen LogP contribution in [0.15, 0.2) is 41.0 Å². The standard InChI is InChI=1S/C20H26N2O4/c1-24-16-11-15(12-17(13-16)25-2)20(23)21-14-18(19-7-6-10-26-19)22-8-4-3-5-9-22/h6-7,10-13,18H,3-5,8-9,14H2,1-2H3,(H,21,23)/t18-/m0/s1. The zero-order valence-electron chi connectivity index (χ0n) is 15.4. The van der Waals surface area contributed by atoms with Gasteiger partial charge in [0.05, 0.1) is 26.5 Å². The fraction of sp³-hybridized carbons (Fsp3) is 0.450. The van der Waals surface area contributed by atoms with Crippen molar-refractivity contribution >= 4 is 5.91 Å². The van der Waals surface area contributed by atoms with Crippen molar-refractivity contribution in [2.75, 3.05) is 33.9 Å². The van der Waals surface area contributed by atoms with Crippen LogP contribution in [0.5, 0.6) is 11.5 Å². The number of hydrogen-bond donors (Lipinski definition) is 1. The molecule has 1 fully saturated rings. The van der Waals surface area contributed by atoms with Gasteiger partial charge in [-0.05, 0) is 50.2 Å². The largest absolute Gasteiger partial charge is 0.497 e. The van der Waals surface area contributed by atoms with Crippen molar-refractivity contribution in [2.45, 2.75) is 25.3 Å². The molecule has 1 N–H and O–H groups in total. The van der Waals surface area contributed by atoms with E-state index < -0.39 is 0 Å². The highest BCUT2D eigenvalue weighted by molar-refractivity contribution is 5.95. The Morgan fingerprint density at radius 3 is 2.42 bits per heavy atom. The van der Waals surface area contributed by atoms with E-state index >= 15 is 0 Å². The molecule has 1 saturated heterocycles. The quantitative estimate of drug-likeness (QED) is 0.823. The molecule has 1 aromatic heterocycles. The van der Waals surface area contributed by atoms with Crippen LogP contribution in [-0.4, -0.2) is 44.7 Å². The molecule has 1 aromatic carbocycles. The third-order valence-corrected chi connectivity index (χ3v) is 4.77. The molecule has 2 aromatic rings. The number of hydrogen-bond acceptors (Lipinski definition) is 5. The van der Waals surface area contributed by atoms with Crippen LogP contribution in [0.1, 0.15) is 41.4 Å². The second-order valence-corrected chi connectivity index (χ2v) is 6.44. The Hall–Kier alpha value is -2.47. The van der Waals surface area contributed by atoms with Crippen LogP contribution in [0, 0.1) is 0 Å². The van der Waals surface area contributed by atoms with Crippen molar-refractivity contribution in [3.8, 4) is 11.5 Å². The summed E-state index contributed by atoms with van der Waals surface area (Å²) in [5, 5.41) is 3.04. The molecule has 26 heavy (non-hydrogen) atoms. The molecule has 0 unspecified atom stereocenters. The number of nitrogens with zero attached hydrogens (tertiary/aromatic N) is 1. The lowest BCUT2D eigenvalue weighted by Crippen LogP contribution is -2.40. The van der Waals surface area contributed by atoms with E-state index in [1.165, 1.54) is 19.3 Å². The molecule has 0 bridgehead atoms. The van der Waals surface area contributed by atoms with Crippen LogP contribution in [-0.2, 0) is 0 Å². The molecule has 0 aliphatic carbocycles. The predicted molar refractivity (Wildman–Crippen MR) is 98.8 cm³/mol. The summed E-state index contributed by atoms with van der Waals surface area (Å²) >= 11 is 0. The van der Waals surface area contributed by atoms with Gasteiger partial charge in [0, 0.05) is 18.2 Å². The molecule has 3 rings (SSSR count). The monoisotopic (exact) mass is 358 g/mol. The highest BCUT2D eigenvalue weighted by Crippen LogP contribution is 2.25. The van der Waals surface area contributed by atoms with Crippen LogP contribution in [0.3, 0.4) is 0 Å². The minimum atomic E-state index is -0.157. The lowest BCUT2D eigenvalue weighted by molar-refractivity contribution is 0.0913. The van der Waals surface area contributed by atoms with E-state index in [9.17, 15) is 4.79 Å². The average molecular weight is 358 g/mol. The van der Waals surface area contributed by atoms with Gasteiger partial charge < -0.3 is 19.2 Å². The van der Waals surface area contributed by atoms with Crippen LogP contribution in [0.4, 0.5) is 0 Å². The second kappa shape index (κ2) is 8.76. The number of benzene rings is 1. The van der Waals surface area contributed by atoms with Gasteiger partial charge in [-0.1, -0.05) is 6.42 Å². The number of rotatable bonds is 7. The topological polar surface area (TPSA) is 63.9 Å². The predicted octanol–water partition coefficient (Wildman–Crippen LogP) is 3.25. The van der Waals surface area contributed by atoms with E-state index in [4.69, 9.17) is 13.9 Å². The Morgan fingerprint density at radius 2 is 1.85 bits per heavy atom. The molecule has 1 atom stereocenters. The molecule has 0 radical (unpaired) electrons. The van der Waals surface area contributed by atoms with Gasteiger partial charge in [-0.25, -0.2) is 0 Å². The SMILES string of the molecule is COc1cc(OC)cc(C(=O)NC[C@@H](c2ccco2)N2CCCCC2)c1. The van der Waals surface area contributed by atoms with Crippen LogP contribution in [0.2, 0.25) is 0 Å². The minimum Gasteiger partial charge on any atom is -0.497 e. The van der Waals surface area contributed by atoms with E-state index in [-0.39, 0.29) is 11.9 Å². The van der Waals surface area contributed by atoms with Crippen molar-refractivity contribution in [1.82, 2.24) is 10.2 Å². The van der Waals surface area contributed by atoms with E-state index in [2.05, 4.69) is 10.2 Å². The molecule has 2 heterocycles. The summed E-state index contributed by atoms with van der Waals surface area (Å²) in [4.78, 5) is 15.1. The van der Waals surface area contributed by atoms with Crippen LogP contribution >= 0.6 is 0 Å². The zero-order chi connectivity index (χ0) is 18.4. The summed E-state index contributed by atoms with van der Waals surface area (Å²) in [7, 11) is 3.14. The number of ether oxygens (including phenoxy) is 2. The summed E-state index contributed by atoms with van der Waals surface area (Å²) < 4.78 is 16.1. The minimum absolute atomic E-state index is 0.0433. The van der Waals surface area contributed by atoms with Gasteiger partial charge in [0.15, 0.2) is 0 Å². The van der Waals surface area contributed by atoms with Crippen molar-refractivity contribution in [1.29, 1.82) is 0 Å². The maximum atomic E-state index is 12.7. The Kier molecular flexibility index (Phi) is 6.17. The Labute approximate surface area is 154 Å². The van der Waals surface area contributed by atoms with Gasteiger partial charge in [0.25, 0.3) is 5.91 Å². The summed E-state index contributed by atoms with van der Waals surface area (Å²) in [6, 6.07) is 9.07. The zero-order valence-corrected chi connectivity index (χ0v) is 15.4. The molecule has 6 heteroatoms. The van der Waals surface area contributed by atoms with Gasteiger partial charge in [-0.15, -0.1) is 0 Å². The van der Waals surface area contributed by atoms with Gasteiger partial charge in [-0.2, -0.15) is 0 Å². The number of amides is 1. The molecule has 140 valence electrons. The summed E-state index contributed by atoms with van der Waals surface area (Å²) in [5.41, 5.74) is 0.512. The second-order valence-electron chi connectivity index (χ2n) is 6.44. The Balaban J connectivity index is 1.71. The molecular formula is C20H26N2O4.